The predicted molar refractivity (Wildman–Crippen MR) is 68.8 cm³/mol. The molecule has 2 atom stereocenters. The van der Waals surface area contributed by atoms with E-state index >= 15 is 0 Å². The van der Waals surface area contributed by atoms with E-state index in [-0.39, 0.29) is 17.7 Å². The Labute approximate surface area is 108 Å². The zero-order chi connectivity index (χ0) is 13.2. The molecular formula is C13H23N3O2. The first kappa shape index (κ1) is 13.3. The molecule has 0 aromatic carbocycles. The van der Waals surface area contributed by atoms with Crippen LogP contribution in [0.5, 0.6) is 0 Å². The van der Waals surface area contributed by atoms with Gasteiger partial charge in [-0.1, -0.05) is 0 Å². The monoisotopic (exact) mass is 253 g/mol. The van der Waals surface area contributed by atoms with Gasteiger partial charge in [-0.2, -0.15) is 0 Å². The Morgan fingerprint density at radius 2 is 2.11 bits per heavy atom. The number of nitrogens with one attached hydrogen (secondary N) is 1. The molecule has 0 aromatic rings. The van der Waals surface area contributed by atoms with Gasteiger partial charge >= 0.3 is 0 Å². The highest BCUT2D eigenvalue weighted by Crippen LogP contribution is 2.24. The molecule has 2 amide bonds. The van der Waals surface area contributed by atoms with Gasteiger partial charge in [0.05, 0.1) is 11.5 Å². The summed E-state index contributed by atoms with van der Waals surface area (Å²) in [6.45, 7) is 4.11. The number of nitrogens with zero attached hydrogens (tertiary/aromatic N) is 1. The van der Waals surface area contributed by atoms with Crippen LogP contribution in [0.1, 0.15) is 39.0 Å². The number of hydrogen-bond donors (Lipinski definition) is 2. The maximum absolute atomic E-state index is 12.6. The quantitative estimate of drug-likeness (QED) is 0.740. The lowest BCUT2D eigenvalue weighted by atomic mass is 9.88. The van der Waals surface area contributed by atoms with E-state index in [1.54, 1.807) is 0 Å². The number of carbonyl (C=O) groups excluding carboxylic acids is 2. The van der Waals surface area contributed by atoms with Crippen molar-refractivity contribution in [2.75, 3.05) is 19.6 Å². The fraction of sp³-hybridized carbons (Fsp3) is 0.846. The zero-order valence-electron chi connectivity index (χ0n) is 11.1. The third-order valence-electron chi connectivity index (χ3n) is 4.20. The summed E-state index contributed by atoms with van der Waals surface area (Å²) in [5.74, 6) is -0.322. The van der Waals surface area contributed by atoms with E-state index in [4.69, 9.17) is 5.73 Å². The molecule has 18 heavy (non-hydrogen) atoms. The van der Waals surface area contributed by atoms with Crippen LogP contribution in [0.4, 0.5) is 0 Å². The molecule has 5 nitrogen and oxygen atoms in total. The van der Waals surface area contributed by atoms with Crippen LogP contribution in [-0.2, 0) is 9.59 Å². The highest BCUT2D eigenvalue weighted by atomic mass is 16.2. The lowest BCUT2D eigenvalue weighted by Gasteiger charge is -2.40. The van der Waals surface area contributed by atoms with E-state index < -0.39 is 5.54 Å². The molecule has 0 radical (unpaired) electrons. The molecule has 2 aliphatic rings. The van der Waals surface area contributed by atoms with Crippen molar-refractivity contribution < 1.29 is 9.59 Å². The minimum atomic E-state index is -0.447. The normalized spacial score (nSPS) is 33.2. The summed E-state index contributed by atoms with van der Waals surface area (Å²) in [7, 11) is 0. The van der Waals surface area contributed by atoms with Gasteiger partial charge in [0.2, 0.25) is 11.8 Å². The van der Waals surface area contributed by atoms with Crippen LogP contribution in [-0.4, -0.2) is 41.9 Å². The molecule has 2 saturated heterocycles. The molecular weight excluding hydrogens is 230 g/mol. The zero-order valence-corrected chi connectivity index (χ0v) is 11.1. The Morgan fingerprint density at radius 1 is 1.33 bits per heavy atom. The van der Waals surface area contributed by atoms with Crippen LogP contribution >= 0.6 is 0 Å². The number of likely N-dealkylation sites (tertiary alicyclic amines) is 1. The van der Waals surface area contributed by atoms with Crippen molar-refractivity contribution >= 4 is 11.8 Å². The van der Waals surface area contributed by atoms with Crippen molar-refractivity contribution in [3.63, 3.8) is 0 Å². The average molecular weight is 253 g/mol. The Balaban J connectivity index is 2.01. The smallest absolute Gasteiger partial charge is 0.242 e. The van der Waals surface area contributed by atoms with E-state index in [0.29, 0.717) is 6.54 Å². The van der Waals surface area contributed by atoms with Crippen LogP contribution in [0.2, 0.25) is 0 Å². The van der Waals surface area contributed by atoms with Crippen LogP contribution in [0, 0.1) is 5.92 Å². The van der Waals surface area contributed by atoms with Gasteiger partial charge < -0.3 is 16.0 Å². The van der Waals surface area contributed by atoms with Gasteiger partial charge in [-0.05, 0) is 45.6 Å². The standard InChI is InChI=1S/C13H23N3O2/c1-13(6-2-3-7-15-13)12(18)16-8-4-5-10(9-16)11(14)17/h10,15H,2-9H2,1H3,(H2,14,17). The molecule has 0 saturated carbocycles. The fourth-order valence-electron chi connectivity index (χ4n) is 2.98. The Morgan fingerprint density at radius 3 is 2.72 bits per heavy atom. The third-order valence-corrected chi connectivity index (χ3v) is 4.20. The summed E-state index contributed by atoms with van der Waals surface area (Å²) in [5, 5.41) is 3.33. The molecule has 0 aliphatic carbocycles. The summed E-state index contributed by atoms with van der Waals surface area (Å²) in [6, 6.07) is 0. The van der Waals surface area contributed by atoms with Crippen molar-refractivity contribution in [1.82, 2.24) is 10.2 Å². The van der Waals surface area contributed by atoms with Gasteiger partial charge in [0, 0.05) is 13.1 Å². The molecule has 102 valence electrons. The van der Waals surface area contributed by atoms with Gasteiger partial charge in [-0.15, -0.1) is 0 Å². The molecule has 2 rings (SSSR count). The molecule has 5 heteroatoms. The SMILES string of the molecule is CC1(C(=O)N2CCCC(C(N)=O)C2)CCCCN1. The second-order valence-electron chi connectivity index (χ2n) is 5.71. The van der Waals surface area contributed by atoms with Gasteiger partial charge in [0.25, 0.3) is 0 Å². The lowest BCUT2D eigenvalue weighted by molar-refractivity contribution is -0.141. The topological polar surface area (TPSA) is 75.4 Å². The maximum Gasteiger partial charge on any atom is 0.242 e. The van der Waals surface area contributed by atoms with Crippen molar-refractivity contribution in [1.29, 1.82) is 0 Å². The van der Waals surface area contributed by atoms with Gasteiger partial charge in [0.15, 0.2) is 0 Å². The van der Waals surface area contributed by atoms with E-state index in [1.807, 2.05) is 11.8 Å². The van der Waals surface area contributed by atoms with Gasteiger partial charge in [-0.25, -0.2) is 0 Å². The van der Waals surface area contributed by atoms with Crippen molar-refractivity contribution in [2.45, 2.75) is 44.6 Å². The van der Waals surface area contributed by atoms with Crippen LogP contribution in [0.15, 0.2) is 0 Å². The fourth-order valence-corrected chi connectivity index (χ4v) is 2.98. The first-order chi connectivity index (χ1) is 8.53. The largest absolute Gasteiger partial charge is 0.369 e. The summed E-state index contributed by atoms with van der Waals surface area (Å²) in [6.07, 6.45) is 4.78. The van der Waals surface area contributed by atoms with Crippen LogP contribution < -0.4 is 11.1 Å². The van der Waals surface area contributed by atoms with Gasteiger partial charge in [0.1, 0.15) is 0 Å². The van der Waals surface area contributed by atoms with E-state index in [1.165, 1.54) is 0 Å². The van der Waals surface area contributed by atoms with E-state index in [9.17, 15) is 9.59 Å². The summed E-state index contributed by atoms with van der Waals surface area (Å²) in [4.78, 5) is 25.6. The maximum atomic E-state index is 12.6. The highest BCUT2D eigenvalue weighted by molar-refractivity contribution is 5.87. The first-order valence-corrected chi connectivity index (χ1v) is 6.87. The number of primary amides is 1. The number of amides is 2. The number of rotatable bonds is 2. The van der Waals surface area contributed by atoms with E-state index in [0.717, 1.165) is 45.2 Å². The van der Waals surface area contributed by atoms with Crippen LogP contribution in [0.3, 0.4) is 0 Å². The van der Waals surface area contributed by atoms with Crippen LogP contribution in [0.25, 0.3) is 0 Å². The Bertz CT molecular complexity index is 337. The average Bonchev–Trinajstić information content (AvgIpc) is 2.39. The minimum absolute atomic E-state index is 0.133. The molecule has 0 spiro atoms. The molecule has 2 unspecified atom stereocenters. The third kappa shape index (κ3) is 2.66. The highest BCUT2D eigenvalue weighted by Gasteiger charge is 2.39. The Hall–Kier alpha value is -1.10. The molecule has 0 bridgehead atoms. The van der Waals surface area contributed by atoms with Gasteiger partial charge in [-0.3, -0.25) is 9.59 Å². The number of nitrogens with two attached hydrogens (primary N) is 1. The van der Waals surface area contributed by atoms with E-state index in [2.05, 4.69) is 5.32 Å². The van der Waals surface area contributed by atoms with Crippen molar-refractivity contribution in [3.05, 3.63) is 0 Å². The summed E-state index contributed by atoms with van der Waals surface area (Å²) in [5.41, 5.74) is 4.90. The summed E-state index contributed by atoms with van der Waals surface area (Å²) >= 11 is 0. The minimum Gasteiger partial charge on any atom is -0.369 e. The molecule has 2 aliphatic heterocycles. The second kappa shape index (κ2) is 5.26. The second-order valence-corrected chi connectivity index (χ2v) is 5.71. The molecule has 2 fully saturated rings. The molecule has 3 N–H and O–H groups in total. The lowest BCUT2D eigenvalue weighted by Crippen LogP contribution is -2.60. The number of carbonyl (C=O) groups is 2. The number of piperidine rings is 2. The predicted octanol–water partition coefficient (Wildman–Crippen LogP) is 0.243. The molecule has 0 aromatic heterocycles. The Kier molecular flexibility index (Phi) is 3.90. The first-order valence-electron chi connectivity index (χ1n) is 6.87. The number of hydrogen-bond acceptors (Lipinski definition) is 3. The van der Waals surface area contributed by atoms with Crippen molar-refractivity contribution in [3.8, 4) is 0 Å². The summed E-state index contributed by atoms with van der Waals surface area (Å²) < 4.78 is 0. The van der Waals surface area contributed by atoms with Crippen molar-refractivity contribution in [2.24, 2.45) is 11.7 Å². The molecule has 2 heterocycles.